The van der Waals surface area contributed by atoms with Gasteiger partial charge in [-0.3, -0.25) is 9.40 Å². The predicted octanol–water partition coefficient (Wildman–Crippen LogP) is 3.18. The van der Waals surface area contributed by atoms with E-state index in [2.05, 4.69) is 14.8 Å². The quantitative estimate of drug-likeness (QED) is 0.794. The molecule has 0 radical (unpaired) electrons. The Morgan fingerprint density at radius 1 is 1.32 bits per heavy atom. The molecule has 2 aromatic heterocycles. The van der Waals surface area contributed by atoms with E-state index in [1.807, 2.05) is 39.0 Å². The molecule has 2 heterocycles. The average Bonchev–Trinajstić information content (AvgIpc) is 3.05. The molecule has 3 rings (SSSR count). The Hall–Kier alpha value is -1.93. The number of sulfonamides is 1. The lowest BCUT2D eigenvalue weighted by atomic mass is 10.2. The van der Waals surface area contributed by atoms with Crippen molar-refractivity contribution in [1.29, 1.82) is 0 Å². The zero-order valence-electron chi connectivity index (χ0n) is 12.4. The van der Waals surface area contributed by atoms with Crippen LogP contribution in [-0.4, -0.2) is 23.2 Å². The number of nitrogens with zero attached hydrogens (tertiary/aromatic N) is 3. The van der Waals surface area contributed by atoms with Crippen molar-refractivity contribution in [3.05, 3.63) is 36.2 Å². The summed E-state index contributed by atoms with van der Waals surface area (Å²) >= 11 is 1.32. The van der Waals surface area contributed by atoms with Crippen LogP contribution in [0.1, 0.15) is 25.5 Å². The summed E-state index contributed by atoms with van der Waals surface area (Å²) in [6, 6.07) is 5.91. The van der Waals surface area contributed by atoms with Gasteiger partial charge in [-0.1, -0.05) is 23.5 Å². The van der Waals surface area contributed by atoms with Gasteiger partial charge in [0, 0.05) is 12.2 Å². The minimum Gasteiger partial charge on any atom is -0.269 e. The first-order valence-electron chi connectivity index (χ1n) is 6.80. The van der Waals surface area contributed by atoms with E-state index in [0.717, 1.165) is 15.8 Å². The molecule has 116 valence electrons. The summed E-state index contributed by atoms with van der Waals surface area (Å²) in [6.45, 7) is 5.83. The first-order valence-corrected chi connectivity index (χ1v) is 9.10. The molecule has 0 atom stereocenters. The Labute approximate surface area is 132 Å². The van der Waals surface area contributed by atoms with E-state index in [-0.39, 0.29) is 10.9 Å². The van der Waals surface area contributed by atoms with Crippen molar-refractivity contribution in [2.75, 3.05) is 4.72 Å². The van der Waals surface area contributed by atoms with Crippen LogP contribution in [0, 0.1) is 6.92 Å². The highest BCUT2D eigenvalue weighted by Gasteiger charge is 2.19. The molecular weight excluding hydrogens is 320 g/mol. The van der Waals surface area contributed by atoms with Gasteiger partial charge in [0.1, 0.15) is 4.90 Å². The molecule has 8 heteroatoms. The number of nitrogens with one attached hydrogen (secondary N) is 1. The molecule has 6 nitrogen and oxygen atoms in total. The highest BCUT2D eigenvalue weighted by atomic mass is 32.2. The van der Waals surface area contributed by atoms with Crippen LogP contribution in [0.3, 0.4) is 0 Å². The van der Waals surface area contributed by atoms with Gasteiger partial charge in [0.15, 0.2) is 5.13 Å². The fraction of sp³-hybridized carbons (Fsp3) is 0.286. The number of anilines is 1. The summed E-state index contributed by atoms with van der Waals surface area (Å²) in [5, 5.41) is 4.42. The predicted molar refractivity (Wildman–Crippen MR) is 87.8 cm³/mol. The molecule has 1 aromatic carbocycles. The monoisotopic (exact) mass is 336 g/mol. The summed E-state index contributed by atoms with van der Waals surface area (Å²) in [7, 11) is -3.67. The van der Waals surface area contributed by atoms with Crippen LogP contribution in [0.2, 0.25) is 0 Å². The molecular formula is C14H16N4O2S2. The molecule has 0 aliphatic carbocycles. The normalized spacial score (nSPS) is 12.2. The van der Waals surface area contributed by atoms with Crippen LogP contribution in [-0.2, 0) is 10.0 Å². The fourth-order valence-corrected chi connectivity index (χ4v) is 4.16. The van der Waals surface area contributed by atoms with Gasteiger partial charge < -0.3 is 0 Å². The highest BCUT2D eigenvalue weighted by Crippen LogP contribution is 2.29. The van der Waals surface area contributed by atoms with Gasteiger partial charge in [-0.25, -0.2) is 13.4 Å². The molecule has 0 amide bonds. The standard InChI is InChI=1S/C14H16N4O2S2/c1-9(2)18-8-11(7-15-18)22(19,20)17-14-16-13-10(3)5-4-6-12(13)21-14/h4-9H,1-3H3,(H,16,17). The maximum absolute atomic E-state index is 12.4. The van der Waals surface area contributed by atoms with Gasteiger partial charge in [-0.2, -0.15) is 5.10 Å². The molecule has 1 N–H and O–H groups in total. The van der Waals surface area contributed by atoms with Crippen molar-refractivity contribution in [2.45, 2.75) is 31.7 Å². The van der Waals surface area contributed by atoms with Crippen LogP contribution in [0.15, 0.2) is 35.5 Å². The molecule has 0 saturated heterocycles. The Kier molecular flexibility index (Phi) is 3.65. The summed E-state index contributed by atoms with van der Waals surface area (Å²) in [5.74, 6) is 0. The summed E-state index contributed by atoms with van der Waals surface area (Å²) in [5.41, 5.74) is 1.84. The van der Waals surface area contributed by atoms with E-state index in [1.54, 1.807) is 4.68 Å². The van der Waals surface area contributed by atoms with E-state index in [0.29, 0.717) is 5.13 Å². The van der Waals surface area contributed by atoms with E-state index in [9.17, 15) is 8.42 Å². The van der Waals surface area contributed by atoms with Gasteiger partial charge in [-0.15, -0.1) is 0 Å². The number of hydrogen-bond acceptors (Lipinski definition) is 5. The number of thiazole rings is 1. The van der Waals surface area contributed by atoms with E-state index < -0.39 is 10.0 Å². The van der Waals surface area contributed by atoms with Crippen molar-refractivity contribution in [3.63, 3.8) is 0 Å². The number of aromatic nitrogens is 3. The smallest absolute Gasteiger partial charge is 0.266 e. The first kappa shape index (κ1) is 15.0. The van der Waals surface area contributed by atoms with Crippen LogP contribution in [0.4, 0.5) is 5.13 Å². The maximum atomic E-state index is 12.4. The van der Waals surface area contributed by atoms with Crippen molar-refractivity contribution in [3.8, 4) is 0 Å². The third kappa shape index (κ3) is 2.71. The van der Waals surface area contributed by atoms with Gasteiger partial charge in [-0.05, 0) is 32.4 Å². The van der Waals surface area contributed by atoms with E-state index >= 15 is 0 Å². The summed E-state index contributed by atoms with van der Waals surface area (Å²) in [6.07, 6.45) is 2.87. The first-order chi connectivity index (χ1) is 10.4. The largest absolute Gasteiger partial charge is 0.269 e. The lowest BCUT2D eigenvalue weighted by molar-refractivity contribution is 0.531. The molecule has 0 aliphatic heterocycles. The number of rotatable bonds is 4. The van der Waals surface area contributed by atoms with Crippen molar-refractivity contribution in [2.24, 2.45) is 0 Å². The molecule has 3 aromatic rings. The number of hydrogen-bond donors (Lipinski definition) is 1. The third-order valence-electron chi connectivity index (χ3n) is 3.26. The van der Waals surface area contributed by atoms with Crippen molar-refractivity contribution < 1.29 is 8.42 Å². The fourth-order valence-electron chi connectivity index (χ4n) is 2.05. The molecule has 0 spiro atoms. The van der Waals surface area contributed by atoms with Crippen molar-refractivity contribution in [1.82, 2.24) is 14.8 Å². The van der Waals surface area contributed by atoms with Gasteiger partial charge in [0.05, 0.1) is 16.4 Å². The molecule has 0 unspecified atom stereocenters. The second-order valence-electron chi connectivity index (χ2n) is 5.30. The highest BCUT2D eigenvalue weighted by molar-refractivity contribution is 7.93. The van der Waals surface area contributed by atoms with Crippen LogP contribution in [0.25, 0.3) is 10.2 Å². The van der Waals surface area contributed by atoms with Crippen LogP contribution in [0.5, 0.6) is 0 Å². The molecule has 0 bridgehead atoms. The van der Waals surface area contributed by atoms with Crippen molar-refractivity contribution >= 4 is 36.7 Å². The number of benzene rings is 1. The number of aryl methyl sites for hydroxylation is 1. The lowest BCUT2D eigenvalue weighted by Crippen LogP contribution is -2.12. The zero-order valence-corrected chi connectivity index (χ0v) is 14.1. The molecule has 0 aliphatic rings. The Morgan fingerprint density at radius 3 is 2.73 bits per heavy atom. The van der Waals surface area contributed by atoms with E-state index in [1.165, 1.54) is 23.7 Å². The molecule has 22 heavy (non-hydrogen) atoms. The Morgan fingerprint density at radius 2 is 2.09 bits per heavy atom. The summed E-state index contributed by atoms with van der Waals surface area (Å²) < 4.78 is 29.9. The van der Waals surface area contributed by atoms with Gasteiger partial charge in [0.25, 0.3) is 10.0 Å². The molecule has 0 fully saturated rings. The van der Waals surface area contributed by atoms with Gasteiger partial charge in [0.2, 0.25) is 0 Å². The van der Waals surface area contributed by atoms with Crippen LogP contribution < -0.4 is 4.72 Å². The SMILES string of the molecule is Cc1cccc2sc(NS(=O)(=O)c3cnn(C(C)C)c3)nc12. The lowest BCUT2D eigenvalue weighted by Gasteiger charge is -2.04. The Balaban J connectivity index is 1.93. The molecule has 0 saturated carbocycles. The second-order valence-corrected chi connectivity index (χ2v) is 8.01. The maximum Gasteiger partial charge on any atom is 0.266 e. The third-order valence-corrected chi connectivity index (χ3v) is 5.62. The zero-order chi connectivity index (χ0) is 15.9. The van der Waals surface area contributed by atoms with Gasteiger partial charge >= 0.3 is 0 Å². The minimum absolute atomic E-state index is 0.106. The average molecular weight is 336 g/mol. The second kappa shape index (κ2) is 5.36. The topological polar surface area (TPSA) is 76.9 Å². The number of fused-ring (bicyclic) bond motifs is 1. The number of para-hydroxylation sites is 1. The minimum atomic E-state index is -3.67. The summed E-state index contributed by atoms with van der Waals surface area (Å²) in [4.78, 5) is 4.50. The van der Waals surface area contributed by atoms with E-state index in [4.69, 9.17) is 0 Å². The van der Waals surface area contributed by atoms with Crippen LogP contribution >= 0.6 is 11.3 Å². The Bertz CT molecular complexity index is 925.